The van der Waals surface area contributed by atoms with Crippen LogP contribution in [0.4, 0.5) is 0 Å². The Hall–Kier alpha value is -2.40. The highest BCUT2D eigenvalue weighted by Gasteiger charge is 2.11. The molecule has 1 aromatic heterocycles. The van der Waals surface area contributed by atoms with Gasteiger partial charge in [-0.2, -0.15) is 0 Å². The summed E-state index contributed by atoms with van der Waals surface area (Å²) in [6.07, 6.45) is 3.78. The molecular weight excluding hydrogens is 280 g/mol. The summed E-state index contributed by atoms with van der Waals surface area (Å²) in [6, 6.07) is 9.30. The Kier molecular flexibility index (Phi) is 5.49. The van der Waals surface area contributed by atoms with Crippen molar-refractivity contribution in [1.82, 2.24) is 10.3 Å². The van der Waals surface area contributed by atoms with Crippen LogP contribution in [0.5, 0.6) is 5.75 Å². The van der Waals surface area contributed by atoms with E-state index < -0.39 is 0 Å². The molecule has 1 atom stereocenters. The zero-order valence-electron chi connectivity index (χ0n) is 12.7. The zero-order valence-corrected chi connectivity index (χ0v) is 12.7. The van der Waals surface area contributed by atoms with Gasteiger partial charge in [0.2, 0.25) is 0 Å². The molecule has 2 aromatic rings. The van der Waals surface area contributed by atoms with E-state index in [1.807, 2.05) is 31.2 Å². The Balaban J connectivity index is 2.16. The second-order valence-electron chi connectivity index (χ2n) is 5.08. The minimum absolute atomic E-state index is 0.0472. The number of hydrogen-bond acceptors (Lipinski definition) is 4. The van der Waals surface area contributed by atoms with E-state index in [1.54, 1.807) is 19.4 Å². The number of aliphatic hydroxyl groups is 1. The second kappa shape index (κ2) is 7.56. The van der Waals surface area contributed by atoms with Crippen LogP contribution in [0.1, 0.15) is 23.7 Å². The number of hydrogen-bond donors (Lipinski definition) is 2. The topological polar surface area (TPSA) is 71.5 Å². The maximum absolute atomic E-state index is 12.2. The molecule has 0 saturated heterocycles. The van der Waals surface area contributed by atoms with E-state index in [-0.39, 0.29) is 18.6 Å². The minimum Gasteiger partial charge on any atom is -0.497 e. The molecule has 0 aliphatic carbocycles. The lowest BCUT2D eigenvalue weighted by molar-refractivity contribution is 0.0934. The number of nitrogens with zero attached hydrogens (tertiary/aromatic N) is 1. The molecule has 0 saturated carbocycles. The molecule has 0 spiro atoms. The van der Waals surface area contributed by atoms with Crippen LogP contribution in [0, 0.1) is 0 Å². The summed E-state index contributed by atoms with van der Waals surface area (Å²) in [4.78, 5) is 16.3. The van der Waals surface area contributed by atoms with Crippen LogP contribution in [0.25, 0.3) is 11.1 Å². The molecule has 5 nitrogen and oxygen atoms in total. The third kappa shape index (κ3) is 4.05. The van der Waals surface area contributed by atoms with Crippen molar-refractivity contribution < 1.29 is 14.6 Å². The Morgan fingerprint density at radius 1 is 1.27 bits per heavy atom. The fourth-order valence-corrected chi connectivity index (χ4v) is 2.08. The predicted molar refractivity (Wildman–Crippen MR) is 84.9 cm³/mol. The molecular formula is C17H20N2O3. The summed E-state index contributed by atoms with van der Waals surface area (Å²) in [6.45, 7) is 1.90. The van der Waals surface area contributed by atoms with Crippen molar-refractivity contribution >= 4 is 5.91 Å². The maximum Gasteiger partial charge on any atom is 0.253 e. The van der Waals surface area contributed by atoms with E-state index in [0.29, 0.717) is 12.0 Å². The van der Waals surface area contributed by atoms with Gasteiger partial charge in [-0.25, -0.2) is 0 Å². The number of methoxy groups -OCH3 is 1. The fraction of sp³-hybridized carbons (Fsp3) is 0.294. The summed E-state index contributed by atoms with van der Waals surface area (Å²) in [5.41, 5.74) is 2.33. The maximum atomic E-state index is 12.2. The number of pyridine rings is 1. The van der Waals surface area contributed by atoms with Crippen LogP contribution in [-0.4, -0.2) is 35.8 Å². The van der Waals surface area contributed by atoms with Crippen LogP contribution in [-0.2, 0) is 0 Å². The van der Waals surface area contributed by atoms with Gasteiger partial charge < -0.3 is 15.2 Å². The molecule has 1 aromatic carbocycles. The molecule has 0 aliphatic heterocycles. The summed E-state index contributed by atoms with van der Waals surface area (Å²) < 4.78 is 5.13. The lowest BCUT2D eigenvalue weighted by Crippen LogP contribution is -2.33. The molecule has 5 heteroatoms. The first-order valence-electron chi connectivity index (χ1n) is 7.15. The van der Waals surface area contributed by atoms with Gasteiger partial charge >= 0.3 is 0 Å². The van der Waals surface area contributed by atoms with Gasteiger partial charge in [0.25, 0.3) is 5.91 Å². The number of aliphatic hydroxyl groups excluding tert-OH is 1. The Bertz CT molecular complexity index is 626. The molecule has 22 heavy (non-hydrogen) atoms. The molecule has 1 unspecified atom stereocenters. The van der Waals surface area contributed by atoms with Crippen molar-refractivity contribution in [3.63, 3.8) is 0 Å². The van der Waals surface area contributed by atoms with Gasteiger partial charge in [-0.3, -0.25) is 9.78 Å². The monoisotopic (exact) mass is 300 g/mol. The van der Waals surface area contributed by atoms with Crippen LogP contribution in [0.2, 0.25) is 0 Å². The Morgan fingerprint density at radius 2 is 2.00 bits per heavy atom. The summed E-state index contributed by atoms with van der Waals surface area (Å²) in [5.74, 6) is 0.590. The van der Waals surface area contributed by atoms with Crippen molar-refractivity contribution in [3.05, 3.63) is 48.3 Å². The average Bonchev–Trinajstić information content (AvgIpc) is 2.55. The molecule has 0 radical (unpaired) electrons. The molecule has 0 fully saturated rings. The van der Waals surface area contributed by atoms with E-state index in [1.165, 1.54) is 6.20 Å². The van der Waals surface area contributed by atoms with E-state index in [9.17, 15) is 4.79 Å². The summed E-state index contributed by atoms with van der Waals surface area (Å²) in [5, 5.41) is 11.7. The van der Waals surface area contributed by atoms with Gasteiger partial charge in [0, 0.05) is 30.6 Å². The highest BCUT2D eigenvalue weighted by Crippen LogP contribution is 2.22. The van der Waals surface area contributed by atoms with E-state index in [4.69, 9.17) is 9.84 Å². The van der Waals surface area contributed by atoms with Crippen molar-refractivity contribution in [1.29, 1.82) is 0 Å². The number of aromatic nitrogens is 1. The number of rotatable bonds is 6. The van der Waals surface area contributed by atoms with Crippen molar-refractivity contribution in [2.45, 2.75) is 19.4 Å². The minimum atomic E-state index is -0.191. The quantitative estimate of drug-likeness (QED) is 0.858. The standard InChI is InChI=1S/C17H20N2O3/c1-12(7-8-20)19-17(21)15-9-14(10-18-11-15)13-3-5-16(22-2)6-4-13/h3-6,9-12,20H,7-8H2,1-2H3,(H,19,21). The van der Waals surface area contributed by atoms with Crippen LogP contribution < -0.4 is 10.1 Å². The van der Waals surface area contributed by atoms with Gasteiger partial charge in [0.15, 0.2) is 0 Å². The van der Waals surface area contributed by atoms with Gasteiger partial charge in [0.1, 0.15) is 5.75 Å². The number of benzene rings is 1. The number of carbonyl (C=O) groups is 1. The van der Waals surface area contributed by atoms with E-state index in [2.05, 4.69) is 10.3 Å². The molecule has 2 N–H and O–H groups in total. The highest BCUT2D eigenvalue weighted by molar-refractivity contribution is 5.95. The number of amides is 1. The van der Waals surface area contributed by atoms with Crippen molar-refractivity contribution in [2.75, 3.05) is 13.7 Å². The molecule has 1 amide bonds. The molecule has 0 bridgehead atoms. The van der Waals surface area contributed by atoms with Crippen molar-refractivity contribution in [3.8, 4) is 16.9 Å². The molecule has 2 rings (SSSR count). The molecule has 1 heterocycles. The van der Waals surface area contributed by atoms with Crippen LogP contribution in [0.3, 0.4) is 0 Å². The first kappa shape index (κ1) is 16.0. The first-order valence-corrected chi connectivity index (χ1v) is 7.15. The largest absolute Gasteiger partial charge is 0.497 e. The van der Waals surface area contributed by atoms with Crippen LogP contribution in [0.15, 0.2) is 42.7 Å². The average molecular weight is 300 g/mol. The van der Waals surface area contributed by atoms with Gasteiger partial charge in [-0.1, -0.05) is 12.1 Å². The highest BCUT2D eigenvalue weighted by atomic mass is 16.5. The summed E-state index contributed by atoms with van der Waals surface area (Å²) >= 11 is 0. The SMILES string of the molecule is COc1ccc(-c2cncc(C(=O)NC(C)CCO)c2)cc1. The fourth-order valence-electron chi connectivity index (χ4n) is 2.08. The van der Waals surface area contributed by atoms with Gasteiger partial charge in [0.05, 0.1) is 12.7 Å². The molecule has 0 aliphatic rings. The van der Waals surface area contributed by atoms with Gasteiger partial charge in [-0.15, -0.1) is 0 Å². The molecule has 116 valence electrons. The van der Waals surface area contributed by atoms with E-state index in [0.717, 1.165) is 16.9 Å². The van der Waals surface area contributed by atoms with Crippen molar-refractivity contribution in [2.24, 2.45) is 0 Å². The lowest BCUT2D eigenvalue weighted by atomic mass is 10.1. The number of carbonyl (C=O) groups excluding carboxylic acids is 1. The predicted octanol–water partition coefficient (Wildman–Crippen LogP) is 2.26. The summed E-state index contributed by atoms with van der Waals surface area (Å²) in [7, 11) is 1.62. The van der Waals surface area contributed by atoms with E-state index >= 15 is 0 Å². The zero-order chi connectivity index (χ0) is 15.9. The van der Waals surface area contributed by atoms with Crippen LogP contribution >= 0.6 is 0 Å². The Morgan fingerprint density at radius 3 is 2.64 bits per heavy atom. The third-order valence-corrected chi connectivity index (χ3v) is 3.36. The lowest BCUT2D eigenvalue weighted by Gasteiger charge is -2.12. The smallest absolute Gasteiger partial charge is 0.253 e. The number of nitrogens with one attached hydrogen (secondary N) is 1. The first-order chi connectivity index (χ1) is 10.6. The normalized spacial score (nSPS) is 11.8. The second-order valence-corrected chi connectivity index (χ2v) is 5.08. The van der Waals surface area contributed by atoms with Gasteiger partial charge in [-0.05, 0) is 37.1 Å². The third-order valence-electron chi connectivity index (χ3n) is 3.36. The number of ether oxygens (including phenoxy) is 1. The Labute approximate surface area is 130 Å².